The van der Waals surface area contributed by atoms with Gasteiger partial charge < -0.3 is 11.1 Å². The van der Waals surface area contributed by atoms with Crippen LogP contribution >= 0.6 is 23.8 Å². The van der Waals surface area contributed by atoms with Gasteiger partial charge in [0.15, 0.2) is 0 Å². The molecule has 0 spiro atoms. The van der Waals surface area contributed by atoms with Crippen molar-refractivity contribution in [2.45, 2.75) is 25.8 Å². The third-order valence-electron chi connectivity index (χ3n) is 2.97. The molecule has 2 rings (SSSR count). The van der Waals surface area contributed by atoms with E-state index in [1.54, 1.807) is 0 Å². The monoisotopic (exact) mass is 254 g/mol. The van der Waals surface area contributed by atoms with Crippen LogP contribution in [0.1, 0.15) is 25.3 Å². The first-order valence-corrected chi connectivity index (χ1v) is 6.22. The molecule has 0 aromatic heterocycles. The second-order valence-electron chi connectivity index (χ2n) is 4.33. The van der Waals surface area contributed by atoms with Crippen molar-refractivity contribution >= 4 is 34.5 Å². The molecule has 1 unspecified atom stereocenters. The van der Waals surface area contributed by atoms with E-state index in [-0.39, 0.29) is 0 Å². The smallest absolute Gasteiger partial charge is 0.104 e. The number of nitrogens with one attached hydrogen (secondary N) is 1. The molecule has 0 amide bonds. The van der Waals surface area contributed by atoms with E-state index in [0.29, 0.717) is 16.1 Å². The van der Waals surface area contributed by atoms with Crippen molar-refractivity contribution in [3.05, 3.63) is 28.8 Å². The van der Waals surface area contributed by atoms with E-state index < -0.39 is 0 Å². The molecule has 1 atom stereocenters. The van der Waals surface area contributed by atoms with Crippen LogP contribution in [0.4, 0.5) is 5.69 Å². The molecule has 0 radical (unpaired) electrons. The molecular weight excluding hydrogens is 240 g/mol. The predicted molar refractivity (Wildman–Crippen MR) is 73.1 cm³/mol. The van der Waals surface area contributed by atoms with Gasteiger partial charge in [-0.1, -0.05) is 23.8 Å². The van der Waals surface area contributed by atoms with Gasteiger partial charge in [-0.25, -0.2) is 0 Å². The maximum atomic E-state index is 6.16. The van der Waals surface area contributed by atoms with Crippen molar-refractivity contribution < 1.29 is 0 Å². The molecule has 0 heterocycles. The average molecular weight is 255 g/mol. The number of anilines is 1. The van der Waals surface area contributed by atoms with Crippen LogP contribution in [0, 0.1) is 5.92 Å². The second kappa shape index (κ2) is 4.60. The molecule has 2 nitrogen and oxygen atoms in total. The van der Waals surface area contributed by atoms with E-state index in [9.17, 15) is 0 Å². The van der Waals surface area contributed by atoms with Gasteiger partial charge in [-0.05, 0) is 43.9 Å². The molecule has 1 fully saturated rings. The molecule has 1 aliphatic carbocycles. The lowest BCUT2D eigenvalue weighted by atomic mass is 10.1. The number of halogens is 1. The highest BCUT2D eigenvalue weighted by Gasteiger charge is 2.28. The standard InChI is InChI=1S/C12H15ClN2S/c1-7(8-2-3-8)15-11-5-4-9(12(14)16)6-10(11)13/h4-8,15H,2-3H2,1H3,(H2,14,16). The summed E-state index contributed by atoms with van der Waals surface area (Å²) < 4.78 is 0. The zero-order valence-electron chi connectivity index (χ0n) is 9.16. The Morgan fingerprint density at radius 1 is 1.56 bits per heavy atom. The first-order valence-electron chi connectivity index (χ1n) is 5.44. The van der Waals surface area contributed by atoms with Crippen LogP contribution in [0.3, 0.4) is 0 Å². The highest BCUT2D eigenvalue weighted by Crippen LogP contribution is 2.35. The Labute approximate surface area is 106 Å². The quantitative estimate of drug-likeness (QED) is 0.811. The van der Waals surface area contributed by atoms with Crippen LogP contribution in [0.15, 0.2) is 18.2 Å². The van der Waals surface area contributed by atoms with Gasteiger partial charge in [0, 0.05) is 11.6 Å². The number of hydrogen-bond acceptors (Lipinski definition) is 2. The lowest BCUT2D eigenvalue weighted by molar-refractivity contribution is 0.694. The summed E-state index contributed by atoms with van der Waals surface area (Å²) in [6, 6.07) is 6.13. The normalized spacial score (nSPS) is 16.9. The van der Waals surface area contributed by atoms with E-state index in [4.69, 9.17) is 29.6 Å². The summed E-state index contributed by atoms with van der Waals surface area (Å²) in [5.74, 6) is 0.798. The SMILES string of the molecule is CC(Nc1ccc(C(N)=S)cc1Cl)C1CC1. The van der Waals surface area contributed by atoms with Gasteiger partial charge in [-0.3, -0.25) is 0 Å². The zero-order chi connectivity index (χ0) is 11.7. The summed E-state index contributed by atoms with van der Waals surface area (Å²) in [6.07, 6.45) is 2.63. The molecule has 0 bridgehead atoms. The fraction of sp³-hybridized carbons (Fsp3) is 0.417. The Morgan fingerprint density at radius 3 is 2.75 bits per heavy atom. The molecule has 1 aliphatic rings. The van der Waals surface area contributed by atoms with Gasteiger partial charge in [0.25, 0.3) is 0 Å². The Bertz CT molecular complexity index is 415. The zero-order valence-corrected chi connectivity index (χ0v) is 10.7. The van der Waals surface area contributed by atoms with E-state index in [1.165, 1.54) is 12.8 Å². The summed E-state index contributed by atoms with van der Waals surface area (Å²) >= 11 is 11.1. The van der Waals surface area contributed by atoms with Crippen molar-refractivity contribution in [2.75, 3.05) is 5.32 Å². The Kier molecular flexibility index (Phi) is 3.36. The number of hydrogen-bond donors (Lipinski definition) is 2. The lowest BCUT2D eigenvalue weighted by Gasteiger charge is -2.16. The largest absolute Gasteiger partial charge is 0.389 e. The van der Waals surface area contributed by atoms with Crippen molar-refractivity contribution in [3.8, 4) is 0 Å². The minimum absolute atomic E-state index is 0.378. The molecule has 0 aliphatic heterocycles. The third-order valence-corrected chi connectivity index (χ3v) is 3.51. The van der Waals surface area contributed by atoms with Gasteiger partial charge in [-0.2, -0.15) is 0 Å². The van der Waals surface area contributed by atoms with E-state index in [1.807, 2.05) is 18.2 Å². The topological polar surface area (TPSA) is 38.0 Å². The van der Waals surface area contributed by atoms with E-state index >= 15 is 0 Å². The summed E-state index contributed by atoms with van der Waals surface area (Å²) in [6.45, 7) is 2.19. The number of rotatable bonds is 4. The third kappa shape index (κ3) is 2.66. The van der Waals surface area contributed by atoms with E-state index in [0.717, 1.165) is 17.2 Å². The minimum Gasteiger partial charge on any atom is -0.389 e. The van der Waals surface area contributed by atoms with Crippen LogP contribution in [0.25, 0.3) is 0 Å². The number of nitrogens with two attached hydrogens (primary N) is 1. The Hall–Kier alpha value is -0.800. The van der Waals surface area contributed by atoms with Crippen molar-refractivity contribution in [2.24, 2.45) is 11.7 Å². The Morgan fingerprint density at radius 2 is 2.25 bits per heavy atom. The highest BCUT2D eigenvalue weighted by molar-refractivity contribution is 7.80. The van der Waals surface area contributed by atoms with Crippen LogP contribution in [0.2, 0.25) is 5.02 Å². The fourth-order valence-electron chi connectivity index (χ4n) is 1.74. The molecule has 86 valence electrons. The van der Waals surface area contributed by atoms with Crippen molar-refractivity contribution in [3.63, 3.8) is 0 Å². The first-order chi connectivity index (χ1) is 7.58. The maximum Gasteiger partial charge on any atom is 0.104 e. The summed E-state index contributed by atoms with van der Waals surface area (Å²) in [5, 5.41) is 4.10. The second-order valence-corrected chi connectivity index (χ2v) is 5.18. The molecule has 1 aromatic rings. The van der Waals surface area contributed by atoms with Crippen LogP contribution < -0.4 is 11.1 Å². The molecule has 0 saturated heterocycles. The molecular formula is C12H15ClN2S. The fourth-order valence-corrected chi connectivity index (χ4v) is 2.11. The van der Waals surface area contributed by atoms with Gasteiger partial charge in [0.2, 0.25) is 0 Å². The van der Waals surface area contributed by atoms with E-state index in [2.05, 4.69) is 12.2 Å². The highest BCUT2D eigenvalue weighted by atomic mass is 35.5. The summed E-state index contributed by atoms with van der Waals surface area (Å²) in [4.78, 5) is 0.378. The molecule has 3 N–H and O–H groups in total. The summed E-state index contributed by atoms with van der Waals surface area (Å²) in [5.41, 5.74) is 7.31. The minimum atomic E-state index is 0.378. The van der Waals surface area contributed by atoms with Gasteiger partial charge in [0.05, 0.1) is 10.7 Å². The first kappa shape index (κ1) is 11.7. The average Bonchev–Trinajstić information content (AvgIpc) is 3.03. The Balaban J connectivity index is 2.12. The van der Waals surface area contributed by atoms with Crippen LogP contribution in [-0.2, 0) is 0 Å². The lowest BCUT2D eigenvalue weighted by Crippen LogP contribution is -2.17. The van der Waals surface area contributed by atoms with Crippen molar-refractivity contribution in [1.82, 2.24) is 0 Å². The van der Waals surface area contributed by atoms with Crippen LogP contribution in [-0.4, -0.2) is 11.0 Å². The number of thiocarbonyl (C=S) groups is 1. The predicted octanol–water partition coefficient (Wildman–Crippen LogP) is 3.18. The molecule has 4 heteroatoms. The van der Waals surface area contributed by atoms with Gasteiger partial charge in [0.1, 0.15) is 4.99 Å². The molecule has 1 aromatic carbocycles. The van der Waals surface area contributed by atoms with Crippen molar-refractivity contribution in [1.29, 1.82) is 0 Å². The van der Waals surface area contributed by atoms with Gasteiger partial charge in [-0.15, -0.1) is 0 Å². The molecule has 1 saturated carbocycles. The summed E-state index contributed by atoms with van der Waals surface area (Å²) in [7, 11) is 0. The van der Waals surface area contributed by atoms with Gasteiger partial charge >= 0.3 is 0 Å². The number of benzene rings is 1. The maximum absolute atomic E-state index is 6.16. The van der Waals surface area contributed by atoms with Crippen LogP contribution in [0.5, 0.6) is 0 Å². The molecule has 16 heavy (non-hydrogen) atoms.